The van der Waals surface area contributed by atoms with Gasteiger partial charge in [-0.25, -0.2) is 4.79 Å². The van der Waals surface area contributed by atoms with Crippen LogP contribution in [0.5, 0.6) is 0 Å². The third-order valence-corrected chi connectivity index (χ3v) is 3.91. The molecule has 1 atom stereocenters. The maximum atomic E-state index is 11.9. The van der Waals surface area contributed by atoms with Crippen LogP contribution < -0.4 is 0 Å². The van der Waals surface area contributed by atoms with Crippen LogP contribution >= 0.6 is 0 Å². The first-order valence-electron chi connectivity index (χ1n) is 7.01. The van der Waals surface area contributed by atoms with Gasteiger partial charge in [-0.3, -0.25) is 4.79 Å². The highest BCUT2D eigenvalue weighted by atomic mass is 28.4. The van der Waals surface area contributed by atoms with E-state index in [1.165, 1.54) is 0 Å². The van der Waals surface area contributed by atoms with Gasteiger partial charge in [0.15, 0.2) is 8.32 Å². The highest BCUT2D eigenvalue weighted by molar-refractivity contribution is 6.71. The zero-order valence-corrected chi connectivity index (χ0v) is 15.7. The summed E-state index contributed by atoms with van der Waals surface area (Å²) in [5.74, 6) is -0.659. The van der Waals surface area contributed by atoms with Gasteiger partial charge in [-0.1, -0.05) is 0 Å². The van der Waals surface area contributed by atoms with Crippen molar-refractivity contribution in [3.05, 3.63) is 0 Å². The zero-order valence-electron chi connectivity index (χ0n) is 13.7. The van der Waals surface area contributed by atoms with Crippen LogP contribution in [0.4, 0.5) is 0 Å². The summed E-state index contributed by atoms with van der Waals surface area (Å²) in [6.45, 7) is 13.9. The fraction of sp³-hybridized carbons (Fsp3) is 0.846. The Labute approximate surface area is 124 Å². The topological polar surface area (TPSA) is 61.8 Å². The van der Waals surface area contributed by atoms with E-state index in [4.69, 9.17) is 13.6 Å². The summed E-state index contributed by atoms with van der Waals surface area (Å²) in [6, 6.07) is 0. The molecule has 0 N–H and O–H groups in total. The van der Waals surface area contributed by atoms with E-state index >= 15 is 0 Å². The van der Waals surface area contributed by atoms with Crippen LogP contribution in [0.15, 0.2) is 0 Å². The summed E-state index contributed by atoms with van der Waals surface area (Å²) in [7, 11) is -3.75. The minimum Gasteiger partial charge on any atom is -0.520 e. The fourth-order valence-electron chi connectivity index (χ4n) is 1.53. The number of carbonyl (C=O) groups excluding carboxylic acids is 2. The molecule has 0 saturated carbocycles. The molecule has 1 unspecified atom stereocenters. The van der Waals surface area contributed by atoms with Gasteiger partial charge in [0.05, 0.1) is 6.61 Å². The van der Waals surface area contributed by atoms with Crippen LogP contribution in [0.1, 0.15) is 19.8 Å². The number of carbonyl (C=O) groups is 2. The Bertz CT molecular complexity index is 331. The molecule has 0 saturated heterocycles. The lowest BCUT2D eigenvalue weighted by atomic mass is 10.2. The molecule has 0 fully saturated rings. The molecule has 0 bridgehead atoms. The molecule has 0 aromatic rings. The molecular formula is C13H28O5Si2. The van der Waals surface area contributed by atoms with Crippen molar-refractivity contribution in [3.8, 4) is 0 Å². The first-order chi connectivity index (χ1) is 8.94. The van der Waals surface area contributed by atoms with Crippen LogP contribution in [0.2, 0.25) is 39.3 Å². The lowest BCUT2D eigenvalue weighted by Gasteiger charge is -2.25. The number of esters is 1. The van der Waals surface area contributed by atoms with Gasteiger partial charge in [-0.05, 0) is 52.6 Å². The zero-order chi connectivity index (χ0) is 16.0. The van der Waals surface area contributed by atoms with Crippen molar-refractivity contribution in [2.75, 3.05) is 6.61 Å². The molecule has 0 aliphatic rings. The predicted molar refractivity (Wildman–Crippen MR) is 83.5 cm³/mol. The molecule has 0 aromatic heterocycles. The Morgan fingerprint density at radius 3 is 1.95 bits per heavy atom. The van der Waals surface area contributed by atoms with Crippen LogP contribution in [0, 0.1) is 0 Å². The predicted octanol–water partition coefficient (Wildman–Crippen LogP) is 2.93. The van der Waals surface area contributed by atoms with Gasteiger partial charge in [-0.2, -0.15) is 0 Å². The van der Waals surface area contributed by atoms with Crippen LogP contribution in [-0.2, 0) is 23.2 Å². The molecule has 7 heteroatoms. The summed E-state index contributed by atoms with van der Waals surface area (Å²) in [5, 5.41) is 0. The lowest BCUT2D eigenvalue weighted by molar-refractivity contribution is -0.152. The van der Waals surface area contributed by atoms with Crippen molar-refractivity contribution in [2.45, 2.75) is 65.2 Å². The Hall–Kier alpha value is -0.666. The summed E-state index contributed by atoms with van der Waals surface area (Å²) < 4.78 is 16.2. The molecular weight excluding hydrogens is 292 g/mol. The summed E-state index contributed by atoms with van der Waals surface area (Å²) in [6.07, 6.45) is -0.180. The maximum Gasteiger partial charge on any atom is 0.334 e. The molecule has 0 rings (SSSR count). The molecule has 0 aromatic carbocycles. The van der Waals surface area contributed by atoms with Gasteiger partial charge >= 0.3 is 5.97 Å². The van der Waals surface area contributed by atoms with Gasteiger partial charge in [0, 0.05) is 6.42 Å². The average molecular weight is 321 g/mol. The van der Waals surface area contributed by atoms with Crippen molar-refractivity contribution in [2.24, 2.45) is 0 Å². The Morgan fingerprint density at radius 2 is 1.55 bits per heavy atom. The molecule has 0 spiro atoms. The number of rotatable bonds is 8. The average Bonchev–Trinajstić information content (AvgIpc) is 2.20. The van der Waals surface area contributed by atoms with E-state index in [-0.39, 0.29) is 12.4 Å². The van der Waals surface area contributed by atoms with Crippen LogP contribution in [0.25, 0.3) is 0 Å². The second-order valence-corrected chi connectivity index (χ2v) is 15.5. The molecule has 118 valence electrons. The monoisotopic (exact) mass is 320 g/mol. The van der Waals surface area contributed by atoms with Gasteiger partial charge < -0.3 is 13.6 Å². The Morgan fingerprint density at radius 1 is 1.00 bits per heavy atom. The van der Waals surface area contributed by atoms with E-state index in [1.54, 1.807) is 6.92 Å². The van der Waals surface area contributed by atoms with Gasteiger partial charge in [0.2, 0.25) is 8.32 Å². The maximum absolute atomic E-state index is 11.9. The second kappa shape index (κ2) is 7.94. The highest BCUT2D eigenvalue weighted by Gasteiger charge is 2.29. The van der Waals surface area contributed by atoms with E-state index in [0.717, 1.165) is 0 Å². The van der Waals surface area contributed by atoms with Crippen LogP contribution in [-0.4, -0.2) is 41.3 Å². The van der Waals surface area contributed by atoms with Gasteiger partial charge in [0.25, 0.3) is 5.97 Å². The minimum absolute atomic E-state index is 0.179. The second-order valence-electron chi connectivity index (χ2n) is 6.60. The largest absolute Gasteiger partial charge is 0.520 e. The third kappa shape index (κ3) is 10.2. The van der Waals surface area contributed by atoms with E-state index in [0.29, 0.717) is 13.0 Å². The van der Waals surface area contributed by atoms with Crippen molar-refractivity contribution in [1.82, 2.24) is 0 Å². The normalized spacial score (nSPS) is 13.8. The highest BCUT2D eigenvalue weighted by Crippen LogP contribution is 2.15. The third-order valence-electron chi connectivity index (χ3n) is 2.08. The molecule has 20 heavy (non-hydrogen) atoms. The standard InChI is InChI=1S/C13H28O5Si2/c1-8-16-13(15)11(17-19(2,3)4)9-10-12(14)18-20(5,6)7/h11H,8-10H2,1-7H3. The number of hydrogen-bond donors (Lipinski definition) is 0. The Balaban J connectivity index is 4.50. The minimum atomic E-state index is -1.88. The molecule has 0 aliphatic carbocycles. The van der Waals surface area contributed by atoms with Crippen molar-refractivity contribution in [3.63, 3.8) is 0 Å². The summed E-state index contributed by atoms with van der Waals surface area (Å²) >= 11 is 0. The lowest BCUT2D eigenvalue weighted by Crippen LogP contribution is -2.38. The van der Waals surface area contributed by atoms with E-state index < -0.39 is 28.7 Å². The molecule has 5 nitrogen and oxygen atoms in total. The first kappa shape index (κ1) is 19.3. The van der Waals surface area contributed by atoms with Crippen molar-refractivity contribution >= 4 is 28.6 Å². The summed E-state index contributed by atoms with van der Waals surface area (Å²) in [5.41, 5.74) is 0. The SMILES string of the molecule is CCOC(=O)C(CCC(=O)O[Si](C)(C)C)O[Si](C)(C)C. The van der Waals surface area contributed by atoms with E-state index in [9.17, 15) is 9.59 Å². The fourth-order valence-corrected chi connectivity index (χ4v) is 3.38. The molecule has 0 amide bonds. The van der Waals surface area contributed by atoms with Crippen molar-refractivity contribution < 1.29 is 23.2 Å². The molecule has 0 aliphatic heterocycles. The molecule has 0 heterocycles. The molecule has 0 radical (unpaired) electrons. The van der Waals surface area contributed by atoms with Crippen molar-refractivity contribution in [1.29, 1.82) is 0 Å². The quantitative estimate of drug-likeness (QED) is 0.508. The smallest absolute Gasteiger partial charge is 0.334 e. The first-order valence-corrected chi connectivity index (χ1v) is 13.8. The Kier molecular flexibility index (Phi) is 7.68. The van der Waals surface area contributed by atoms with Gasteiger partial charge in [-0.15, -0.1) is 0 Å². The number of ether oxygens (including phenoxy) is 1. The van der Waals surface area contributed by atoms with E-state index in [1.807, 2.05) is 39.3 Å². The number of hydrogen-bond acceptors (Lipinski definition) is 5. The van der Waals surface area contributed by atoms with Gasteiger partial charge in [0.1, 0.15) is 6.10 Å². The van der Waals surface area contributed by atoms with E-state index in [2.05, 4.69) is 0 Å². The summed E-state index contributed by atoms with van der Waals surface area (Å²) in [4.78, 5) is 23.6. The van der Waals surface area contributed by atoms with Crippen LogP contribution in [0.3, 0.4) is 0 Å².